The average Bonchev–Trinajstić information content (AvgIpc) is 2.36. The Balaban J connectivity index is 2.97. The second kappa shape index (κ2) is 5.63. The first-order valence-electron chi connectivity index (χ1n) is 6.87. The second-order valence-electron chi connectivity index (χ2n) is 6.71. The van der Waals surface area contributed by atoms with Crippen molar-refractivity contribution in [2.75, 3.05) is 6.61 Å². The Bertz CT molecular complexity index is 331. The molecule has 1 aliphatic rings. The molecule has 0 aromatic carbocycles. The van der Waals surface area contributed by atoms with Gasteiger partial charge in [-0.15, -0.1) is 10.1 Å². The fraction of sp³-hybridized carbons (Fsp3) is 1.00. The van der Waals surface area contributed by atoms with Gasteiger partial charge >= 0.3 is 0 Å². The third kappa shape index (κ3) is 3.57. The predicted molar refractivity (Wildman–Crippen MR) is 71.2 cm³/mol. The number of hydrogen-bond donors (Lipinski definition) is 1. The van der Waals surface area contributed by atoms with Crippen LogP contribution in [0.1, 0.15) is 53.9 Å². The lowest BCUT2D eigenvalue weighted by molar-refractivity contribution is -0.759. The first-order chi connectivity index (χ1) is 8.61. The minimum atomic E-state index is -0.755. The van der Waals surface area contributed by atoms with Crippen LogP contribution in [-0.2, 0) is 4.84 Å². The SMILES string of the molecule is CCC1CC(CO[N+](=O)[O-])C(C)(C)N(O)C(C)(C)C1. The summed E-state index contributed by atoms with van der Waals surface area (Å²) >= 11 is 0. The van der Waals surface area contributed by atoms with Crippen molar-refractivity contribution in [3.8, 4) is 0 Å². The summed E-state index contributed by atoms with van der Waals surface area (Å²) < 4.78 is 0. The van der Waals surface area contributed by atoms with Crippen LogP contribution in [0.3, 0.4) is 0 Å². The van der Waals surface area contributed by atoms with Crippen molar-refractivity contribution in [3.63, 3.8) is 0 Å². The molecule has 1 fully saturated rings. The summed E-state index contributed by atoms with van der Waals surface area (Å²) in [6, 6.07) is 0. The molecule has 0 bridgehead atoms. The molecule has 0 aliphatic carbocycles. The fourth-order valence-electron chi connectivity index (χ4n) is 3.25. The van der Waals surface area contributed by atoms with Gasteiger partial charge in [-0.3, -0.25) is 0 Å². The molecule has 0 radical (unpaired) electrons. The first-order valence-corrected chi connectivity index (χ1v) is 6.87. The molecule has 6 heteroatoms. The van der Waals surface area contributed by atoms with Gasteiger partial charge in [0.25, 0.3) is 5.09 Å². The molecule has 1 heterocycles. The van der Waals surface area contributed by atoms with E-state index in [4.69, 9.17) is 0 Å². The van der Waals surface area contributed by atoms with Crippen molar-refractivity contribution in [2.45, 2.75) is 65.0 Å². The van der Waals surface area contributed by atoms with E-state index in [1.165, 1.54) is 5.06 Å². The van der Waals surface area contributed by atoms with Gasteiger partial charge in [-0.05, 0) is 46.5 Å². The van der Waals surface area contributed by atoms with E-state index >= 15 is 0 Å². The van der Waals surface area contributed by atoms with E-state index in [2.05, 4.69) is 11.8 Å². The topological polar surface area (TPSA) is 75.8 Å². The third-order valence-corrected chi connectivity index (χ3v) is 4.48. The van der Waals surface area contributed by atoms with Gasteiger partial charge in [0.1, 0.15) is 6.61 Å². The molecular formula is C13H26N2O4. The molecule has 6 nitrogen and oxygen atoms in total. The van der Waals surface area contributed by atoms with E-state index in [9.17, 15) is 15.3 Å². The van der Waals surface area contributed by atoms with E-state index in [0.717, 1.165) is 19.3 Å². The molecule has 2 atom stereocenters. The van der Waals surface area contributed by atoms with Crippen molar-refractivity contribution in [1.82, 2.24) is 5.06 Å². The smallest absolute Gasteiger partial charge is 0.294 e. The summed E-state index contributed by atoms with van der Waals surface area (Å²) in [6.45, 7) is 10.00. The highest BCUT2D eigenvalue weighted by Gasteiger charge is 2.47. The van der Waals surface area contributed by atoms with Crippen molar-refractivity contribution >= 4 is 0 Å². The zero-order valence-electron chi connectivity index (χ0n) is 12.5. The molecular weight excluding hydrogens is 248 g/mol. The molecule has 1 saturated heterocycles. The largest absolute Gasteiger partial charge is 0.314 e. The highest BCUT2D eigenvalue weighted by Crippen LogP contribution is 2.42. The van der Waals surface area contributed by atoms with Gasteiger partial charge in [0.2, 0.25) is 0 Å². The summed E-state index contributed by atoms with van der Waals surface area (Å²) in [5.74, 6) is 0.362. The Morgan fingerprint density at radius 2 is 2.00 bits per heavy atom. The highest BCUT2D eigenvalue weighted by molar-refractivity contribution is 4.97. The predicted octanol–water partition coefficient (Wildman–Crippen LogP) is 2.88. The summed E-state index contributed by atoms with van der Waals surface area (Å²) in [4.78, 5) is 15.0. The minimum absolute atomic E-state index is 0.0314. The number of rotatable bonds is 4. The molecule has 19 heavy (non-hydrogen) atoms. The summed E-state index contributed by atoms with van der Waals surface area (Å²) in [6.07, 6.45) is 2.71. The van der Waals surface area contributed by atoms with E-state index in [1.54, 1.807) is 0 Å². The highest BCUT2D eigenvalue weighted by atomic mass is 16.9. The van der Waals surface area contributed by atoms with Crippen LogP contribution in [0, 0.1) is 22.0 Å². The standard InChI is InChI=1S/C13H26N2O4/c1-6-10-7-11(9-19-15(17)18)13(4,5)14(16)12(2,3)8-10/h10-11,16H,6-9H2,1-5H3. The van der Waals surface area contributed by atoms with Crippen LogP contribution in [0.5, 0.6) is 0 Å². The van der Waals surface area contributed by atoms with Crippen LogP contribution < -0.4 is 0 Å². The lowest BCUT2D eigenvalue weighted by Crippen LogP contribution is -2.56. The summed E-state index contributed by atoms with van der Waals surface area (Å²) in [7, 11) is 0. The van der Waals surface area contributed by atoms with E-state index in [-0.39, 0.29) is 18.1 Å². The maximum atomic E-state index is 10.5. The van der Waals surface area contributed by atoms with Gasteiger partial charge in [0.15, 0.2) is 0 Å². The van der Waals surface area contributed by atoms with Gasteiger partial charge in [0.05, 0.1) is 0 Å². The number of nitrogens with zero attached hydrogens (tertiary/aromatic N) is 2. The van der Waals surface area contributed by atoms with E-state index in [1.807, 2.05) is 27.7 Å². The molecule has 0 saturated carbocycles. The Morgan fingerprint density at radius 1 is 1.42 bits per heavy atom. The van der Waals surface area contributed by atoms with Crippen LogP contribution in [0.15, 0.2) is 0 Å². The number of hydroxylamine groups is 2. The minimum Gasteiger partial charge on any atom is -0.314 e. The molecule has 0 aromatic heterocycles. The van der Waals surface area contributed by atoms with Crippen molar-refractivity contribution in [1.29, 1.82) is 0 Å². The molecule has 0 amide bonds. The molecule has 1 rings (SSSR count). The van der Waals surface area contributed by atoms with Crippen molar-refractivity contribution in [2.24, 2.45) is 11.8 Å². The Morgan fingerprint density at radius 3 is 2.47 bits per heavy atom. The molecule has 112 valence electrons. The normalized spacial score (nSPS) is 30.6. The van der Waals surface area contributed by atoms with Crippen LogP contribution >= 0.6 is 0 Å². The Labute approximate surface area is 114 Å². The monoisotopic (exact) mass is 274 g/mol. The lowest BCUT2D eigenvalue weighted by Gasteiger charge is -2.45. The van der Waals surface area contributed by atoms with Crippen LogP contribution in [0.25, 0.3) is 0 Å². The maximum Gasteiger partial charge on any atom is 0.294 e. The van der Waals surface area contributed by atoms with Gasteiger partial charge in [-0.25, -0.2) is 0 Å². The third-order valence-electron chi connectivity index (χ3n) is 4.48. The zero-order chi connectivity index (χ0) is 14.8. The molecule has 1 aliphatic heterocycles. The maximum absolute atomic E-state index is 10.5. The molecule has 1 N–H and O–H groups in total. The Hall–Kier alpha value is -0.880. The zero-order valence-corrected chi connectivity index (χ0v) is 12.5. The van der Waals surface area contributed by atoms with Gasteiger partial charge < -0.3 is 10.0 Å². The van der Waals surface area contributed by atoms with Crippen LogP contribution in [-0.4, -0.2) is 33.0 Å². The van der Waals surface area contributed by atoms with Crippen LogP contribution in [0.2, 0.25) is 0 Å². The first kappa shape index (κ1) is 16.2. The van der Waals surface area contributed by atoms with E-state index in [0.29, 0.717) is 5.92 Å². The molecule has 2 unspecified atom stereocenters. The van der Waals surface area contributed by atoms with Gasteiger partial charge in [-0.1, -0.05) is 13.3 Å². The summed E-state index contributed by atoms with van der Waals surface area (Å²) in [5, 5.41) is 21.5. The Kier molecular flexibility index (Phi) is 4.79. The second-order valence-corrected chi connectivity index (χ2v) is 6.71. The number of hydrogen-bond acceptors (Lipinski definition) is 5. The molecule has 0 aromatic rings. The van der Waals surface area contributed by atoms with Gasteiger partial charge in [0, 0.05) is 17.0 Å². The van der Waals surface area contributed by atoms with E-state index < -0.39 is 10.6 Å². The summed E-state index contributed by atoms with van der Waals surface area (Å²) in [5.41, 5.74) is -0.892. The quantitative estimate of drug-likeness (QED) is 0.630. The van der Waals surface area contributed by atoms with Crippen LogP contribution in [0.4, 0.5) is 0 Å². The molecule has 0 spiro atoms. The van der Waals surface area contributed by atoms with Crippen molar-refractivity contribution in [3.05, 3.63) is 10.1 Å². The van der Waals surface area contributed by atoms with Gasteiger partial charge in [-0.2, -0.15) is 5.06 Å². The van der Waals surface area contributed by atoms with Crippen molar-refractivity contribution < 1.29 is 15.1 Å². The lowest BCUT2D eigenvalue weighted by atomic mass is 9.81. The average molecular weight is 274 g/mol. The fourth-order valence-corrected chi connectivity index (χ4v) is 3.25.